The lowest BCUT2D eigenvalue weighted by Gasteiger charge is -2.12. The first kappa shape index (κ1) is 29.3. The first-order valence-corrected chi connectivity index (χ1v) is 14.0. The van der Waals surface area contributed by atoms with Crippen LogP contribution in [-0.2, 0) is 14.1 Å². The van der Waals surface area contributed by atoms with Gasteiger partial charge in [-0.1, -0.05) is 63.1 Å². The Bertz CT molecular complexity index is 1440. The van der Waals surface area contributed by atoms with Crippen LogP contribution in [0.15, 0.2) is 60.9 Å². The molecule has 0 atom stereocenters. The van der Waals surface area contributed by atoms with Crippen LogP contribution in [0, 0.1) is 41.5 Å². The first-order chi connectivity index (χ1) is 17.8. The van der Waals surface area contributed by atoms with Gasteiger partial charge in [0, 0.05) is 34.4 Å². The van der Waals surface area contributed by atoms with Crippen molar-refractivity contribution in [1.29, 1.82) is 0 Å². The zero-order valence-corrected chi connectivity index (χ0v) is 25.8. The standard InChI is InChI=1S/2C18H24N/c1-12(2)17-10-18(19(6)11-15(17)5)16-8-7-13(3)9-14(16)4;1-12(2)17-11-19(6)18(10-15(17)5)16-8-7-13(3)9-14(16)4/h2*7-12H,1-6H3/q2*+1. The molecule has 2 aromatic carbocycles. The van der Waals surface area contributed by atoms with E-state index in [2.05, 4.69) is 153 Å². The lowest BCUT2D eigenvalue weighted by Crippen LogP contribution is -2.32. The van der Waals surface area contributed by atoms with Crippen LogP contribution in [-0.4, -0.2) is 0 Å². The smallest absolute Gasteiger partial charge is 0.201 e. The maximum atomic E-state index is 2.34. The van der Waals surface area contributed by atoms with E-state index < -0.39 is 0 Å². The summed E-state index contributed by atoms with van der Waals surface area (Å²) in [7, 11) is 4.27. The van der Waals surface area contributed by atoms with Crippen molar-refractivity contribution in [3.63, 3.8) is 0 Å². The summed E-state index contributed by atoms with van der Waals surface area (Å²) < 4.78 is 4.48. The fourth-order valence-electron chi connectivity index (χ4n) is 5.53. The molecule has 2 heterocycles. The van der Waals surface area contributed by atoms with E-state index in [-0.39, 0.29) is 0 Å². The van der Waals surface area contributed by atoms with Gasteiger partial charge in [0.15, 0.2) is 12.4 Å². The maximum absolute atomic E-state index is 2.34. The van der Waals surface area contributed by atoms with Crippen molar-refractivity contribution in [2.75, 3.05) is 0 Å². The average Bonchev–Trinajstić information content (AvgIpc) is 2.81. The molecule has 0 fully saturated rings. The lowest BCUT2D eigenvalue weighted by molar-refractivity contribution is -0.661. The molecule has 2 aromatic heterocycles. The van der Waals surface area contributed by atoms with Gasteiger partial charge in [-0.15, -0.1) is 0 Å². The molecule has 4 rings (SSSR count). The Hall–Kier alpha value is -3.26. The summed E-state index contributed by atoms with van der Waals surface area (Å²) in [6.45, 7) is 22.1. The summed E-state index contributed by atoms with van der Waals surface area (Å²) in [6.07, 6.45) is 4.51. The van der Waals surface area contributed by atoms with Gasteiger partial charge in [-0.25, -0.2) is 9.13 Å². The van der Waals surface area contributed by atoms with Gasteiger partial charge in [-0.05, 0) is 87.8 Å². The van der Waals surface area contributed by atoms with Crippen molar-refractivity contribution >= 4 is 0 Å². The molecule has 0 radical (unpaired) electrons. The number of aromatic nitrogens is 2. The van der Waals surface area contributed by atoms with Crippen molar-refractivity contribution < 1.29 is 9.13 Å². The van der Waals surface area contributed by atoms with Gasteiger partial charge in [-0.2, -0.15) is 0 Å². The quantitative estimate of drug-likeness (QED) is 0.244. The highest BCUT2D eigenvalue weighted by Crippen LogP contribution is 2.27. The van der Waals surface area contributed by atoms with Crippen LogP contribution in [0.5, 0.6) is 0 Å². The van der Waals surface area contributed by atoms with Gasteiger partial charge >= 0.3 is 0 Å². The van der Waals surface area contributed by atoms with Crippen molar-refractivity contribution in [2.24, 2.45) is 14.1 Å². The molecule has 0 spiro atoms. The second kappa shape index (κ2) is 12.1. The fourth-order valence-corrected chi connectivity index (χ4v) is 5.53. The zero-order valence-electron chi connectivity index (χ0n) is 25.8. The third-order valence-corrected chi connectivity index (χ3v) is 7.60. The van der Waals surface area contributed by atoms with Gasteiger partial charge in [0.1, 0.15) is 14.1 Å². The number of aryl methyl sites for hydroxylation is 8. The van der Waals surface area contributed by atoms with Gasteiger partial charge in [0.25, 0.3) is 0 Å². The topological polar surface area (TPSA) is 7.76 Å². The lowest BCUT2D eigenvalue weighted by atomic mass is 9.95. The number of nitrogens with zero attached hydrogens (tertiary/aromatic N) is 2. The van der Waals surface area contributed by atoms with Crippen molar-refractivity contribution in [3.05, 3.63) is 105 Å². The number of hydrogen-bond donors (Lipinski definition) is 0. The SMILES string of the molecule is Cc1ccc(-c2cc(C(C)C)c(C)c[n+]2C)c(C)c1.Cc1ccc(-c2cc(C)c(C(C)C)c[n+]2C)c(C)c1. The fraction of sp³-hybridized carbons (Fsp3) is 0.389. The molecule has 2 nitrogen and oxygen atoms in total. The van der Waals surface area contributed by atoms with Crippen LogP contribution in [0.2, 0.25) is 0 Å². The summed E-state index contributed by atoms with van der Waals surface area (Å²) >= 11 is 0. The maximum Gasteiger partial charge on any atom is 0.212 e. The van der Waals surface area contributed by atoms with E-state index in [1.807, 2.05) is 0 Å². The number of benzene rings is 2. The molecule has 0 aliphatic carbocycles. The Balaban J connectivity index is 0.000000211. The summed E-state index contributed by atoms with van der Waals surface area (Å²) in [5.41, 5.74) is 16.2. The zero-order chi connectivity index (χ0) is 28.3. The number of rotatable bonds is 4. The molecule has 0 aliphatic heterocycles. The molecular weight excluding hydrogens is 460 g/mol. The minimum Gasteiger partial charge on any atom is -0.201 e. The van der Waals surface area contributed by atoms with Crippen LogP contribution in [0.25, 0.3) is 22.5 Å². The second-order valence-electron chi connectivity index (χ2n) is 11.8. The van der Waals surface area contributed by atoms with Gasteiger partial charge < -0.3 is 0 Å². The molecule has 0 bridgehead atoms. The molecule has 4 aromatic rings. The molecule has 0 unspecified atom stereocenters. The van der Waals surface area contributed by atoms with Gasteiger partial charge in [0.2, 0.25) is 11.4 Å². The van der Waals surface area contributed by atoms with E-state index in [0.717, 1.165) is 0 Å². The third kappa shape index (κ3) is 6.59. The Morgan fingerprint density at radius 2 is 0.921 bits per heavy atom. The predicted octanol–water partition coefficient (Wildman–Crippen LogP) is 8.45. The summed E-state index contributed by atoms with van der Waals surface area (Å²) in [6, 6.07) is 18.0. The summed E-state index contributed by atoms with van der Waals surface area (Å²) in [4.78, 5) is 0. The highest BCUT2D eigenvalue weighted by atomic mass is 14.9. The summed E-state index contributed by atoms with van der Waals surface area (Å²) in [5, 5.41) is 0. The molecule has 0 N–H and O–H groups in total. The number of pyridine rings is 2. The van der Waals surface area contributed by atoms with Crippen LogP contribution >= 0.6 is 0 Å². The second-order valence-corrected chi connectivity index (χ2v) is 11.8. The van der Waals surface area contributed by atoms with Crippen LogP contribution in [0.4, 0.5) is 0 Å². The van der Waals surface area contributed by atoms with E-state index in [4.69, 9.17) is 0 Å². The Morgan fingerprint density at radius 3 is 1.37 bits per heavy atom. The van der Waals surface area contributed by atoms with Crippen molar-refractivity contribution in [2.45, 2.75) is 81.1 Å². The first-order valence-electron chi connectivity index (χ1n) is 14.0. The molecule has 200 valence electrons. The Labute approximate surface area is 232 Å². The molecule has 0 amide bonds. The van der Waals surface area contributed by atoms with E-state index >= 15 is 0 Å². The largest absolute Gasteiger partial charge is 0.212 e. The highest BCUT2D eigenvalue weighted by molar-refractivity contribution is 5.63. The van der Waals surface area contributed by atoms with E-state index in [1.54, 1.807) is 0 Å². The average molecular weight is 509 g/mol. The third-order valence-electron chi connectivity index (χ3n) is 7.60. The van der Waals surface area contributed by atoms with Crippen LogP contribution in [0.1, 0.15) is 84.0 Å². The normalized spacial score (nSPS) is 11.1. The minimum absolute atomic E-state index is 0.561. The Kier molecular flexibility index (Phi) is 9.31. The molecule has 38 heavy (non-hydrogen) atoms. The van der Waals surface area contributed by atoms with E-state index in [1.165, 1.54) is 67.0 Å². The summed E-state index contributed by atoms with van der Waals surface area (Å²) in [5.74, 6) is 1.13. The van der Waals surface area contributed by atoms with Crippen molar-refractivity contribution in [3.8, 4) is 22.5 Å². The molecule has 0 saturated carbocycles. The van der Waals surface area contributed by atoms with Crippen LogP contribution in [0.3, 0.4) is 0 Å². The number of hydrogen-bond acceptors (Lipinski definition) is 0. The van der Waals surface area contributed by atoms with Gasteiger partial charge in [-0.3, -0.25) is 0 Å². The van der Waals surface area contributed by atoms with E-state index in [0.29, 0.717) is 11.8 Å². The minimum atomic E-state index is 0.561. The van der Waals surface area contributed by atoms with E-state index in [9.17, 15) is 0 Å². The van der Waals surface area contributed by atoms with Crippen molar-refractivity contribution in [1.82, 2.24) is 0 Å². The molecular formula is C36H48N2+2. The predicted molar refractivity (Wildman–Crippen MR) is 163 cm³/mol. The molecule has 0 aliphatic rings. The Morgan fingerprint density at radius 1 is 0.474 bits per heavy atom. The monoisotopic (exact) mass is 508 g/mol. The van der Waals surface area contributed by atoms with Gasteiger partial charge in [0.05, 0.1) is 0 Å². The molecule has 2 heteroatoms. The highest BCUT2D eigenvalue weighted by Gasteiger charge is 2.18. The van der Waals surface area contributed by atoms with Crippen LogP contribution < -0.4 is 9.13 Å². The molecule has 0 saturated heterocycles.